The highest BCUT2D eigenvalue weighted by atomic mass is 32.2. The molecule has 1 aliphatic heterocycles. The van der Waals surface area contributed by atoms with Gasteiger partial charge in [-0.3, -0.25) is 9.59 Å². The number of nitrogens with one attached hydrogen (secondary N) is 1. The Morgan fingerprint density at radius 1 is 1.00 bits per heavy atom. The van der Waals surface area contributed by atoms with Crippen LogP contribution in [0.2, 0.25) is 0 Å². The van der Waals surface area contributed by atoms with E-state index in [0.29, 0.717) is 18.4 Å². The van der Waals surface area contributed by atoms with Gasteiger partial charge in [-0.05, 0) is 48.9 Å². The van der Waals surface area contributed by atoms with Gasteiger partial charge in [0.1, 0.15) is 0 Å². The Bertz CT molecular complexity index is 1220. The highest BCUT2D eigenvalue weighted by Gasteiger charge is 2.33. The molecule has 1 amide bonds. The Morgan fingerprint density at radius 3 is 2.36 bits per heavy atom. The van der Waals surface area contributed by atoms with Crippen LogP contribution in [0.25, 0.3) is 0 Å². The molecule has 0 aliphatic carbocycles. The third-order valence-electron chi connectivity index (χ3n) is 5.95. The molecule has 0 spiro atoms. The predicted octanol–water partition coefficient (Wildman–Crippen LogP) is 4.26. The number of rotatable bonds is 7. The monoisotopic (exact) mass is 482 g/mol. The van der Waals surface area contributed by atoms with Gasteiger partial charge in [-0.15, -0.1) is 11.3 Å². The highest BCUT2D eigenvalue weighted by Crippen LogP contribution is 2.29. The van der Waals surface area contributed by atoms with Crippen molar-refractivity contribution in [3.8, 4) is 0 Å². The molecule has 0 bridgehead atoms. The van der Waals surface area contributed by atoms with E-state index in [-0.39, 0.29) is 41.6 Å². The number of amides is 1. The molecule has 4 rings (SSSR count). The SMILES string of the molecule is CC(=O)c1cccc(S(=O)(=O)N2CCC(C(=O)N[C@@H](c3ccccc3)c3cccs3)CC2)c1. The first-order valence-electron chi connectivity index (χ1n) is 10.9. The maximum Gasteiger partial charge on any atom is 0.243 e. The number of Topliss-reactive ketones (excluding diaryl/α,β-unsaturated/α-hetero) is 1. The number of hydrogen-bond acceptors (Lipinski definition) is 5. The smallest absolute Gasteiger partial charge is 0.243 e. The van der Waals surface area contributed by atoms with E-state index in [0.717, 1.165) is 10.4 Å². The van der Waals surface area contributed by atoms with E-state index in [2.05, 4.69) is 5.32 Å². The Labute approximate surface area is 198 Å². The zero-order valence-corrected chi connectivity index (χ0v) is 19.9. The molecule has 1 saturated heterocycles. The van der Waals surface area contributed by atoms with Crippen molar-refractivity contribution >= 4 is 33.1 Å². The molecule has 1 aliphatic rings. The number of ketones is 1. The van der Waals surface area contributed by atoms with Gasteiger partial charge in [0.2, 0.25) is 15.9 Å². The summed E-state index contributed by atoms with van der Waals surface area (Å²) in [6.45, 7) is 1.94. The average Bonchev–Trinajstić information content (AvgIpc) is 3.38. The summed E-state index contributed by atoms with van der Waals surface area (Å²) in [5.41, 5.74) is 1.38. The second-order valence-corrected chi connectivity index (χ2v) is 11.0. The summed E-state index contributed by atoms with van der Waals surface area (Å²) in [6.07, 6.45) is 0.896. The van der Waals surface area contributed by atoms with E-state index in [4.69, 9.17) is 0 Å². The first kappa shape index (κ1) is 23.4. The lowest BCUT2D eigenvalue weighted by molar-refractivity contribution is -0.126. The Balaban J connectivity index is 1.43. The largest absolute Gasteiger partial charge is 0.344 e. The molecule has 1 atom stereocenters. The quantitative estimate of drug-likeness (QED) is 0.510. The van der Waals surface area contributed by atoms with Crippen molar-refractivity contribution in [2.24, 2.45) is 5.92 Å². The van der Waals surface area contributed by atoms with Gasteiger partial charge < -0.3 is 5.32 Å². The maximum atomic E-state index is 13.1. The van der Waals surface area contributed by atoms with Gasteiger partial charge in [0.25, 0.3) is 0 Å². The molecule has 1 aromatic heterocycles. The van der Waals surface area contributed by atoms with Crippen LogP contribution in [0.5, 0.6) is 0 Å². The number of carbonyl (C=O) groups excluding carboxylic acids is 2. The second kappa shape index (κ2) is 9.99. The number of piperidine rings is 1. The number of carbonyl (C=O) groups is 2. The summed E-state index contributed by atoms with van der Waals surface area (Å²) >= 11 is 1.59. The van der Waals surface area contributed by atoms with Crippen LogP contribution >= 0.6 is 11.3 Å². The van der Waals surface area contributed by atoms with Gasteiger partial charge >= 0.3 is 0 Å². The molecule has 1 N–H and O–H groups in total. The fraction of sp³-hybridized carbons (Fsp3) is 0.280. The third kappa shape index (κ3) is 5.24. The van der Waals surface area contributed by atoms with Gasteiger partial charge in [0.15, 0.2) is 5.78 Å². The van der Waals surface area contributed by atoms with E-state index in [1.165, 1.54) is 23.4 Å². The summed E-state index contributed by atoms with van der Waals surface area (Å²) < 4.78 is 27.6. The number of nitrogens with zero attached hydrogens (tertiary/aromatic N) is 1. The van der Waals surface area contributed by atoms with E-state index in [9.17, 15) is 18.0 Å². The molecule has 8 heteroatoms. The highest BCUT2D eigenvalue weighted by molar-refractivity contribution is 7.89. The molecule has 2 aromatic carbocycles. The van der Waals surface area contributed by atoms with Gasteiger partial charge in [-0.1, -0.05) is 48.5 Å². The normalized spacial score (nSPS) is 16.3. The number of thiophene rings is 1. The zero-order chi connectivity index (χ0) is 23.4. The van der Waals surface area contributed by atoms with Crippen LogP contribution < -0.4 is 5.32 Å². The number of benzene rings is 2. The zero-order valence-electron chi connectivity index (χ0n) is 18.3. The molecule has 1 fully saturated rings. The average molecular weight is 483 g/mol. The molecule has 3 aromatic rings. The standard InChI is InChI=1S/C25H26N2O4S2/c1-18(28)21-9-5-10-22(17-21)33(30,31)27-14-12-20(13-15-27)25(29)26-24(23-11-6-16-32-23)19-7-3-2-4-8-19/h2-11,16-17,20,24H,12-15H2,1H3,(H,26,29)/t24-/m0/s1. The number of sulfonamides is 1. The first-order chi connectivity index (χ1) is 15.9. The van der Waals surface area contributed by atoms with E-state index in [1.807, 2.05) is 47.8 Å². The lowest BCUT2D eigenvalue weighted by Crippen LogP contribution is -2.43. The van der Waals surface area contributed by atoms with E-state index >= 15 is 0 Å². The van der Waals surface area contributed by atoms with Gasteiger partial charge in [0, 0.05) is 29.4 Å². The third-order valence-corrected chi connectivity index (χ3v) is 8.78. The van der Waals surface area contributed by atoms with Gasteiger partial charge in [-0.25, -0.2) is 8.42 Å². The van der Waals surface area contributed by atoms with Crippen LogP contribution in [-0.2, 0) is 14.8 Å². The minimum Gasteiger partial charge on any atom is -0.344 e. The van der Waals surface area contributed by atoms with E-state index < -0.39 is 10.0 Å². The number of hydrogen-bond donors (Lipinski definition) is 1. The maximum absolute atomic E-state index is 13.1. The summed E-state index contributed by atoms with van der Waals surface area (Å²) in [4.78, 5) is 25.9. The van der Waals surface area contributed by atoms with Crippen molar-refractivity contribution in [3.63, 3.8) is 0 Å². The molecule has 0 radical (unpaired) electrons. The lowest BCUT2D eigenvalue weighted by atomic mass is 9.96. The lowest BCUT2D eigenvalue weighted by Gasteiger charge is -2.31. The molecule has 172 valence electrons. The van der Waals surface area contributed by atoms with Crippen LogP contribution in [0.3, 0.4) is 0 Å². The van der Waals surface area contributed by atoms with Crippen molar-refractivity contribution in [3.05, 3.63) is 88.1 Å². The molecule has 33 heavy (non-hydrogen) atoms. The Kier molecular flexibility index (Phi) is 7.07. The van der Waals surface area contributed by atoms with Crippen LogP contribution in [0.4, 0.5) is 0 Å². The summed E-state index contributed by atoms with van der Waals surface area (Å²) in [5, 5.41) is 5.16. The van der Waals surface area contributed by atoms with Crippen molar-refractivity contribution in [2.45, 2.75) is 30.7 Å². The molecule has 2 heterocycles. The second-order valence-electron chi connectivity index (χ2n) is 8.13. The van der Waals surface area contributed by atoms with Crippen LogP contribution in [0, 0.1) is 5.92 Å². The van der Waals surface area contributed by atoms with Crippen LogP contribution in [0.1, 0.15) is 46.6 Å². The summed E-state index contributed by atoms with van der Waals surface area (Å²) in [5.74, 6) is -0.500. The van der Waals surface area contributed by atoms with E-state index in [1.54, 1.807) is 23.5 Å². The van der Waals surface area contributed by atoms with Crippen molar-refractivity contribution in [1.29, 1.82) is 0 Å². The van der Waals surface area contributed by atoms with Crippen molar-refractivity contribution < 1.29 is 18.0 Å². The van der Waals surface area contributed by atoms with Gasteiger partial charge in [-0.2, -0.15) is 4.31 Å². The minimum atomic E-state index is -3.72. The summed E-state index contributed by atoms with van der Waals surface area (Å²) in [7, 11) is -3.72. The molecular weight excluding hydrogens is 456 g/mol. The van der Waals surface area contributed by atoms with Crippen molar-refractivity contribution in [2.75, 3.05) is 13.1 Å². The fourth-order valence-electron chi connectivity index (χ4n) is 4.06. The van der Waals surface area contributed by atoms with Crippen LogP contribution in [0.15, 0.2) is 77.0 Å². The minimum absolute atomic E-state index is 0.0621. The molecule has 0 saturated carbocycles. The molecule has 0 unspecified atom stereocenters. The Morgan fingerprint density at radius 2 is 1.73 bits per heavy atom. The van der Waals surface area contributed by atoms with Gasteiger partial charge in [0.05, 0.1) is 10.9 Å². The fourth-order valence-corrected chi connectivity index (χ4v) is 6.38. The molecule has 6 nitrogen and oxygen atoms in total. The van der Waals surface area contributed by atoms with Crippen molar-refractivity contribution in [1.82, 2.24) is 9.62 Å². The molecular formula is C25H26N2O4S2. The topological polar surface area (TPSA) is 83.6 Å². The Hall–Kier alpha value is -2.81. The predicted molar refractivity (Wildman–Crippen MR) is 129 cm³/mol. The summed E-state index contributed by atoms with van der Waals surface area (Å²) in [6, 6.07) is 19.7. The van der Waals surface area contributed by atoms with Crippen LogP contribution in [-0.4, -0.2) is 37.5 Å². The first-order valence-corrected chi connectivity index (χ1v) is 13.2.